The molecule has 1 saturated heterocycles. The number of hydrogen-bond acceptors (Lipinski definition) is 5. The summed E-state index contributed by atoms with van der Waals surface area (Å²) in [5.74, 6) is 0.499. The Labute approximate surface area is 189 Å². The molecule has 3 aromatic rings. The molecule has 2 amide bonds. The number of nitrogens with one attached hydrogen (secondary N) is 1. The minimum absolute atomic E-state index is 0.192. The molecule has 1 atom stereocenters. The molecule has 7 nitrogen and oxygen atoms in total. The molecule has 0 spiro atoms. The Kier molecular flexibility index (Phi) is 6.25. The lowest BCUT2D eigenvalue weighted by Gasteiger charge is -2.34. The maximum absolute atomic E-state index is 13.2. The van der Waals surface area contributed by atoms with E-state index in [2.05, 4.69) is 15.5 Å². The van der Waals surface area contributed by atoms with Crippen LogP contribution in [-0.2, 0) is 4.79 Å². The summed E-state index contributed by atoms with van der Waals surface area (Å²) >= 11 is 12.0. The van der Waals surface area contributed by atoms with Gasteiger partial charge in [-0.15, -0.1) is 0 Å². The summed E-state index contributed by atoms with van der Waals surface area (Å²) in [6, 6.07) is 11.3. The average Bonchev–Trinajstić information content (AvgIpc) is 3.22. The van der Waals surface area contributed by atoms with Crippen molar-refractivity contribution in [3.63, 3.8) is 0 Å². The van der Waals surface area contributed by atoms with Crippen molar-refractivity contribution in [1.29, 1.82) is 0 Å². The van der Waals surface area contributed by atoms with E-state index in [4.69, 9.17) is 27.7 Å². The van der Waals surface area contributed by atoms with Gasteiger partial charge in [-0.25, -0.2) is 0 Å². The predicted octanol–water partition coefficient (Wildman–Crippen LogP) is 4.99. The Morgan fingerprint density at radius 3 is 2.55 bits per heavy atom. The first kappa shape index (κ1) is 21.3. The Balaban J connectivity index is 1.50. The number of rotatable bonds is 4. The van der Waals surface area contributed by atoms with Crippen molar-refractivity contribution in [2.24, 2.45) is 0 Å². The largest absolute Gasteiger partial charge is 0.334 e. The van der Waals surface area contributed by atoms with Crippen LogP contribution in [0, 0.1) is 6.92 Å². The zero-order valence-electron chi connectivity index (χ0n) is 16.8. The number of halogens is 2. The number of aromatic nitrogens is 2. The van der Waals surface area contributed by atoms with Gasteiger partial charge in [0.1, 0.15) is 6.04 Å². The van der Waals surface area contributed by atoms with Crippen molar-refractivity contribution < 1.29 is 14.1 Å². The number of carbonyl (C=O) groups is 2. The second-order valence-corrected chi connectivity index (χ2v) is 8.17. The third kappa shape index (κ3) is 4.73. The molecule has 2 aromatic carbocycles. The molecule has 31 heavy (non-hydrogen) atoms. The van der Waals surface area contributed by atoms with Gasteiger partial charge in [-0.3, -0.25) is 9.59 Å². The molecule has 0 bridgehead atoms. The fourth-order valence-electron chi connectivity index (χ4n) is 3.58. The van der Waals surface area contributed by atoms with Crippen molar-refractivity contribution in [2.75, 3.05) is 11.9 Å². The summed E-state index contributed by atoms with van der Waals surface area (Å²) < 4.78 is 5.16. The summed E-state index contributed by atoms with van der Waals surface area (Å²) in [5, 5.41) is 7.39. The number of aryl methyl sites for hydroxylation is 1. The molecule has 0 aliphatic carbocycles. The van der Waals surface area contributed by atoms with Crippen LogP contribution in [0.3, 0.4) is 0 Å². The van der Waals surface area contributed by atoms with Gasteiger partial charge in [0.05, 0.1) is 10.0 Å². The van der Waals surface area contributed by atoms with E-state index < -0.39 is 6.04 Å². The molecule has 1 N–H and O–H groups in total. The molecule has 1 aliphatic rings. The molecule has 9 heteroatoms. The topological polar surface area (TPSA) is 88.3 Å². The highest BCUT2D eigenvalue weighted by Crippen LogP contribution is 2.27. The highest BCUT2D eigenvalue weighted by Gasteiger charge is 2.32. The molecule has 0 radical (unpaired) electrons. The molecule has 4 rings (SSSR count). The Hall–Kier alpha value is -2.90. The number of likely N-dealkylation sites (tertiary alicyclic amines) is 1. The molecule has 160 valence electrons. The normalized spacial score (nSPS) is 16.2. The predicted molar refractivity (Wildman–Crippen MR) is 118 cm³/mol. The summed E-state index contributed by atoms with van der Waals surface area (Å²) in [6.45, 7) is 2.26. The van der Waals surface area contributed by atoms with Gasteiger partial charge >= 0.3 is 0 Å². The van der Waals surface area contributed by atoms with Gasteiger partial charge in [0.25, 0.3) is 11.8 Å². The monoisotopic (exact) mass is 458 g/mol. The molecular weight excluding hydrogens is 439 g/mol. The van der Waals surface area contributed by atoms with Crippen molar-refractivity contribution in [1.82, 2.24) is 15.0 Å². The Morgan fingerprint density at radius 2 is 1.87 bits per heavy atom. The molecule has 2 heterocycles. The van der Waals surface area contributed by atoms with E-state index in [1.165, 1.54) is 0 Å². The molecule has 1 aliphatic heterocycles. The average molecular weight is 459 g/mol. The first-order chi connectivity index (χ1) is 14.9. The maximum atomic E-state index is 13.2. The van der Waals surface area contributed by atoms with Crippen molar-refractivity contribution in [2.45, 2.75) is 32.2 Å². The van der Waals surface area contributed by atoms with Crippen LogP contribution in [0.15, 0.2) is 47.0 Å². The minimum atomic E-state index is -0.561. The zero-order valence-corrected chi connectivity index (χ0v) is 18.3. The van der Waals surface area contributed by atoms with Gasteiger partial charge in [-0.05, 0) is 68.7 Å². The quantitative estimate of drug-likeness (QED) is 0.594. The van der Waals surface area contributed by atoms with Gasteiger partial charge in [0.15, 0.2) is 5.82 Å². The summed E-state index contributed by atoms with van der Waals surface area (Å²) in [7, 11) is 0. The number of amides is 2. The highest BCUT2D eigenvalue weighted by atomic mass is 35.5. The lowest BCUT2D eigenvalue weighted by atomic mass is 9.99. The second-order valence-electron chi connectivity index (χ2n) is 7.35. The van der Waals surface area contributed by atoms with E-state index in [-0.39, 0.29) is 11.8 Å². The van der Waals surface area contributed by atoms with Crippen LogP contribution in [0.25, 0.3) is 11.5 Å². The van der Waals surface area contributed by atoms with Gasteiger partial charge in [0, 0.05) is 23.4 Å². The molecular formula is C22H20Cl2N4O3. The number of benzene rings is 2. The third-order valence-corrected chi connectivity index (χ3v) is 5.90. The second kappa shape index (κ2) is 9.08. The number of piperidine rings is 1. The van der Waals surface area contributed by atoms with Crippen molar-refractivity contribution in [3.8, 4) is 11.5 Å². The van der Waals surface area contributed by atoms with E-state index in [0.29, 0.717) is 46.0 Å². The maximum Gasteiger partial charge on any atom is 0.257 e. The van der Waals surface area contributed by atoms with Gasteiger partial charge in [-0.2, -0.15) is 4.98 Å². The minimum Gasteiger partial charge on any atom is -0.334 e. The molecule has 0 saturated carbocycles. The van der Waals surface area contributed by atoms with Crippen LogP contribution >= 0.6 is 23.2 Å². The first-order valence-electron chi connectivity index (χ1n) is 9.90. The molecule has 1 fully saturated rings. The van der Waals surface area contributed by atoms with Crippen LogP contribution in [0.1, 0.15) is 35.4 Å². The Morgan fingerprint density at radius 1 is 1.10 bits per heavy atom. The van der Waals surface area contributed by atoms with Gasteiger partial charge in [-0.1, -0.05) is 28.4 Å². The molecule has 1 aromatic heterocycles. The lowest BCUT2D eigenvalue weighted by molar-refractivity contribution is -0.121. The third-order valence-electron chi connectivity index (χ3n) is 5.16. The van der Waals surface area contributed by atoms with E-state index in [1.54, 1.807) is 54.3 Å². The van der Waals surface area contributed by atoms with Gasteiger partial charge in [0.2, 0.25) is 5.91 Å². The van der Waals surface area contributed by atoms with E-state index in [9.17, 15) is 9.59 Å². The fraction of sp³-hybridized carbons (Fsp3) is 0.273. The van der Waals surface area contributed by atoms with E-state index in [1.807, 2.05) is 0 Å². The first-order valence-corrected chi connectivity index (χ1v) is 10.7. The number of nitrogens with zero attached hydrogens (tertiary/aromatic N) is 3. The van der Waals surface area contributed by atoms with Crippen LogP contribution < -0.4 is 5.32 Å². The fourth-order valence-corrected chi connectivity index (χ4v) is 3.88. The zero-order chi connectivity index (χ0) is 22.0. The van der Waals surface area contributed by atoms with Crippen molar-refractivity contribution >= 4 is 40.7 Å². The SMILES string of the molecule is Cc1noc(-c2ccc(C(=O)N3CCCCC3C(=O)Nc3ccc(Cl)c(Cl)c3)cc2)n1. The van der Waals surface area contributed by atoms with Crippen molar-refractivity contribution in [3.05, 3.63) is 63.9 Å². The number of anilines is 1. The lowest BCUT2D eigenvalue weighted by Crippen LogP contribution is -2.50. The molecule has 1 unspecified atom stereocenters. The Bertz CT molecular complexity index is 1110. The van der Waals surface area contributed by atoms with E-state index >= 15 is 0 Å². The van der Waals surface area contributed by atoms with Gasteiger partial charge < -0.3 is 14.7 Å². The summed E-state index contributed by atoms with van der Waals surface area (Å²) in [4.78, 5) is 31.9. The van der Waals surface area contributed by atoms with E-state index in [0.717, 1.165) is 18.4 Å². The van der Waals surface area contributed by atoms with Crippen LogP contribution in [-0.4, -0.2) is 39.4 Å². The highest BCUT2D eigenvalue weighted by molar-refractivity contribution is 6.42. The van der Waals surface area contributed by atoms with Crippen LogP contribution in [0.2, 0.25) is 10.0 Å². The number of hydrogen-bond donors (Lipinski definition) is 1. The van der Waals surface area contributed by atoms with Crippen LogP contribution in [0.4, 0.5) is 5.69 Å². The number of carbonyl (C=O) groups excluding carboxylic acids is 2. The smallest absolute Gasteiger partial charge is 0.257 e. The summed E-state index contributed by atoms with van der Waals surface area (Å²) in [6.07, 6.45) is 2.32. The summed E-state index contributed by atoms with van der Waals surface area (Å²) in [5.41, 5.74) is 1.76. The standard InChI is InChI=1S/C22H20Cl2N4O3/c1-13-25-21(31-27-13)14-5-7-15(8-6-14)22(30)28-11-3-2-4-19(28)20(29)26-16-9-10-17(23)18(24)12-16/h5-10,12,19H,2-4,11H2,1H3,(H,26,29). The van der Waals surface area contributed by atoms with Crippen LogP contribution in [0.5, 0.6) is 0 Å².